The number of sulfonamides is 2. The molecule has 0 atom stereocenters. The fourth-order valence-corrected chi connectivity index (χ4v) is 8.62. The number of benzene rings is 4. The molecule has 1 aliphatic carbocycles. The van der Waals surface area contributed by atoms with Gasteiger partial charge in [-0.15, -0.1) is 4.13 Å². The first-order chi connectivity index (χ1) is 21.2. The zero-order valence-corrected chi connectivity index (χ0v) is 26.0. The van der Waals surface area contributed by atoms with E-state index in [0.29, 0.717) is 0 Å². The van der Waals surface area contributed by atoms with E-state index >= 15 is 0 Å². The van der Waals surface area contributed by atoms with Gasteiger partial charge in [0.1, 0.15) is 4.90 Å². The van der Waals surface area contributed by atoms with Crippen molar-refractivity contribution in [3.63, 3.8) is 0 Å². The molecule has 0 fully saturated rings. The van der Waals surface area contributed by atoms with Crippen LogP contribution in [0, 0.1) is 0 Å². The Kier molecular flexibility index (Phi) is 7.80. The van der Waals surface area contributed by atoms with Gasteiger partial charge in [0.15, 0.2) is 11.6 Å². The lowest BCUT2D eigenvalue weighted by molar-refractivity contribution is 0.0980. The molecule has 5 rings (SSSR count). The minimum Gasteiger partial charge on any atom is -0.399 e. The van der Waals surface area contributed by atoms with E-state index in [1.54, 1.807) is 4.13 Å². The van der Waals surface area contributed by atoms with Gasteiger partial charge in [-0.1, -0.05) is 0 Å². The standard InChI is InChI=1S/C26H20N4O12S4/c27-13-1-5-15(6-2-13)43(33,34)30-44(35,36)16-7-3-14(4-8-16)29-20-12-21(46(40,41)42)24(28)23-22(20)26(32)19-11-17(45(37,38)39)9-10-18(19)25(23)31/h1-12,29-30H,27-28H2,(H,37,38,39)(H,40,41,42). The van der Waals surface area contributed by atoms with Gasteiger partial charge < -0.3 is 16.8 Å². The Balaban J connectivity index is 1.56. The minimum absolute atomic E-state index is 0.0219. The van der Waals surface area contributed by atoms with Crippen LogP contribution < -0.4 is 20.9 Å². The van der Waals surface area contributed by atoms with Crippen LogP contribution in [0.15, 0.2) is 92.4 Å². The molecule has 240 valence electrons. The first kappa shape index (κ1) is 32.7. The zero-order valence-electron chi connectivity index (χ0n) is 22.7. The van der Waals surface area contributed by atoms with Crippen molar-refractivity contribution >= 4 is 74.6 Å². The van der Waals surface area contributed by atoms with Gasteiger partial charge in [-0.2, -0.15) is 16.8 Å². The lowest BCUT2D eigenvalue weighted by Gasteiger charge is -2.24. The number of rotatable bonds is 8. The predicted molar refractivity (Wildman–Crippen MR) is 162 cm³/mol. The molecule has 8 N–H and O–H groups in total. The number of nitrogens with one attached hydrogen (secondary N) is 2. The summed E-state index contributed by atoms with van der Waals surface area (Å²) in [6.45, 7) is 0. The molecular weight excluding hydrogens is 689 g/mol. The van der Waals surface area contributed by atoms with Crippen molar-refractivity contribution in [1.82, 2.24) is 4.13 Å². The highest BCUT2D eigenvalue weighted by Gasteiger charge is 2.37. The van der Waals surface area contributed by atoms with Crippen LogP contribution >= 0.6 is 0 Å². The Hall–Kier alpha value is -4.70. The molecule has 0 aromatic heterocycles. The summed E-state index contributed by atoms with van der Waals surface area (Å²) in [6, 6.07) is 12.1. The molecule has 0 saturated carbocycles. The van der Waals surface area contributed by atoms with Crippen LogP contribution in [0.3, 0.4) is 0 Å². The summed E-state index contributed by atoms with van der Waals surface area (Å²) in [6.07, 6.45) is 0. The number of nitrogen functional groups attached to an aromatic ring is 2. The van der Waals surface area contributed by atoms with Crippen LogP contribution in [0.25, 0.3) is 0 Å². The van der Waals surface area contributed by atoms with Crippen LogP contribution in [0.5, 0.6) is 0 Å². The largest absolute Gasteiger partial charge is 0.399 e. The number of nitrogens with two attached hydrogens (primary N) is 2. The summed E-state index contributed by atoms with van der Waals surface area (Å²) in [4.78, 5) is 24.5. The second-order valence-corrected chi connectivity index (χ2v) is 16.1. The molecule has 0 unspecified atom stereocenters. The van der Waals surface area contributed by atoms with Crippen molar-refractivity contribution in [1.29, 1.82) is 0 Å². The molecule has 20 heteroatoms. The number of carbonyl (C=O) groups excluding carboxylic acids is 2. The molecule has 0 heterocycles. The van der Waals surface area contributed by atoms with Crippen LogP contribution in [-0.2, 0) is 40.3 Å². The average molecular weight is 709 g/mol. The molecule has 0 amide bonds. The van der Waals surface area contributed by atoms with E-state index in [1.165, 1.54) is 12.1 Å². The fourth-order valence-electron chi connectivity index (χ4n) is 4.56. The third-order valence-corrected chi connectivity index (χ3v) is 12.0. The summed E-state index contributed by atoms with van der Waals surface area (Å²) in [5.41, 5.74) is 8.49. The van der Waals surface area contributed by atoms with Gasteiger partial charge in [0.25, 0.3) is 40.3 Å². The fraction of sp³-hybridized carbons (Fsp3) is 0. The van der Waals surface area contributed by atoms with E-state index in [4.69, 9.17) is 11.5 Å². The first-order valence-electron chi connectivity index (χ1n) is 12.4. The lowest BCUT2D eigenvalue weighted by atomic mass is 9.82. The van der Waals surface area contributed by atoms with Crippen LogP contribution in [0.4, 0.5) is 22.7 Å². The quantitative estimate of drug-likeness (QED) is 0.0984. The summed E-state index contributed by atoms with van der Waals surface area (Å²) >= 11 is 0. The maximum Gasteiger partial charge on any atom is 0.296 e. The summed E-state index contributed by atoms with van der Waals surface area (Å²) < 4.78 is 119. The second-order valence-electron chi connectivity index (χ2n) is 9.71. The highest BCUT2D eigenvalue weighted by atomic mass is 32.3. The number of ketones is 2. The minimum atomic E-state index is -5.09. The van der Waals surface area contributed by atoms with E-state index in [2.05, 4.69) is 5.32 Å². The Morgan fingerprint density at radius 2 is 1.07 bits per heavy atom. The molecule has 0 saturated heterocycles. The first-order valence-corrected chi connectivity index (χ1v) is 18.2. The van der Waals surface area contributed by atoms with E-state index in [-0.39, 0.29) is 21.8 Å². The van der Waals surface area contributed by atoms with Crippen molar-refractivity contribution in [2.45, 2.75) is 19.6 Å². The van der Waals surface area contributed by atoms with Gasteiger partial charge >= 0.3 is 0 Å². The van der Waals surface area contributed by atoms with Crippen LogP contribution in [-0.4, -0.2) is 54.3 Å². The molecule has 4 aromatic rings. The smallest absolute Gasteiger partial charge is 0.296 e. The number of fused-ring (bicyclic) bond motifs is 2. The zero-order chi connectivity index (χ0) is 34.0. The molecule has 1 aliphatic rings. The second kappa shape index (κ2) is 11.0. The maximum absolute atomic E-state index is 13.6. The van der Waals surface area contributed by atoms with E-state index in [9.17, 15) is 52.4 Å². The van der Waals surface area contributed by atoms with Crippen molar-refractivity contribution in [3.8, 4) is 0 Å². The molecule has 0 bridgehead atoms. The van der Waals surface area contributed by atoms with Crippen molar-refractivity contribution < 1.29 is 52.4 Å². The molecule has 0 aliphatic heterocycles. The van der Waals surface area contributed by atoms with Gasteiger partial charge in [0.05, 0.1) is 37.2 Å². The van der Waals surface area contributed by atoms with Crippen LogP contribution in [0.2, 0.25) is 0 Å². The van der Waals surface area contributed by atoms with E-state index in [0.717, 1.165) is 60.7 Å². The Bertz CT molecular complexity index is 2430. The topological polar surface area (TPSA) is 287 Å². The predicted octanol–water partition coefficient (Wildman–Crippen LogP) is 1.53. The molecule has 16 nitrogen and oxygen atoms in total. The average Bonchev–Trinajstić information content (AvgIpc) is 2.95. The molecule has 4 aromatic carbocycles. The van der Waals surface area contributed by atoms with Crippen molar-refractivity contribution in [3.05, 3.63) is 95.1 Å². The lowest BCUT2D eigenvalue weighted by Crippen LogP contribution is -2.30. The number of hydrogen-bond donors (Lipinski definition) is 6. The highest BCUT2D eigenvalue weighted by Crippen LogP contribution is 2.40. The number of carbonyl (C=O) groups is 2. The summed E-state index contributed by atoms with van der Waals surface area (Å²) in [7, 11) is -19.1. The maximum atomic E-state index is 13.6. The monoisotopic (exact) mass is 708 g/mol. The molecule has 0 radical (unpaired) electrons. The third-order valence-electron chi connectivity index (χ3n) is 6.69. The Morgan fingerprint density at radius 1 is 0.565 bits per heavy atom. The summed E-state index contributed by atoms with van der Waals surface area (Å²) in [5, 5.41) is 2.64. The van der Waals surface area contributed by atoms with E-state index in [1.807, 2.05) is 0 Å². The Morgan fingerprint density at radius 3 is 1.59 bits per heavy atom. The highest BCUT2D eigenvalue weighted by molar-refractivity contribution is 8.04. The third kappa shape index (κ3) is 5.97. The van der Waals surface area contributed by atoms with Gasteiger partial charge in [-0.25, -0.2) is 16.8 Å². The molecular formula is C26H20N4O12S4. The van der Waals surface area contributed by atoms with Crippen LogP contribution in [0.1, 0.15) is 31.8 Å². The van der Waals surface area contributed by atoms with Gasteiger partial charge in [0, 0.05) is 22.5 Å². The number of anilines is 4. The normalized spacial score (nSPS) is 13.6. The van der Waals surface area contributed by atoms with Crippen molar-refractivity contribution in [2.24, 2.45) is 0 Å². The summed E-state index contributed by atoms with van der Waals surface area (Å²) in [5.74, 6) is -2.02. The molecule has 46 heavy (non-hydrogen) atoms. The van der Waals surface area contributed by atoms with Crippen molar-refractivity contribution in [2.75, 3.05) is 16.8 Å². The Labute approximate surface area is 261 Å². The van der Waals surface area contributed by atoms with E-state index < -0.39 is 94.6 Å². The number of hydrogen-bond acceptors (Lipinski definition) is 13. The van der Waals surface area contributed by atoms with Gasteiger partial charge in [-0.05, 0) is 72.8 Å². The SMILES string of the molecule is Nc1ccc(S(=O)(=O)NS(=O)(=O)c2ccc(Nc3cc(S(=O)(=O)O)c(N)c4c3C(=O)c3cc(S(=O)(=O)O)ccc3C4=O)cc2)cc1. The molecule has 0 spiro atoms. The van der Waals surface area contributed by atoms with Gasteiger partial charge in [0.2, 0.25) is 0 Å². The van der Waals surface area contributed by atoms with Gasteiger partial charge in [-0.3, -0.25) is 18.7 Å².